The number of aliphatic hydroxyl groups is 1. The molecule has 2 aliphatic rings. The minimum atomic E-state index is -4.34. The third-order valence-electron chi connectivity index (χ3n) is 5.61. The number of amides is 1. The number of nitrogen functional groups attached to an aromatic ring is 1. The lowest BCUT2D eigenvalue weighted by atomic mass is 10.1. The average Bonchev–Trinajstić information content (AvgIpc) is 3.41. The van der Waals surface area contributed by atoms with Gasteiger partial charge in [-0.2, -0.15) is 4.98 Å². The Kier molecular flexibility index (Phi) is 8.85. The minimum absolute atomic E-state index is 0.0335. The summed E-state index contributed by atoms with van der Waals surface area (Å²) in [6, 6.07) is 5.64. The lowest BCUT2D eigenvalue weighted by molar-refractivity contribution is -0.120. The summed E-state index contributed by atoms with van der Waals surface area (Å²) in [5.74, 6) is 0.700. The second kappa shape index (κ2) is 12.2. The standard InChI is InChI=1S/C20H24N7O8PS3/c21-19-25-16-13(17(30)26-19)24-20(27(16)18-14(29)15-10(34-18)9-33-36(31,32)35-15)37-8-6-22-11(28)4-7-38-39-12-3-1-2-5-23-12/h1-3,5,10,14-15,18,29H,4,6-9H2,(H,22,28)(H,31,32)(H3,21,25,26,30)/t10-,14-,15-,18-/m1/s1. The molecule has 39 heavy (non-hydrogen) atoms. The first-order chi connectivity index (χ1) is 18.7. The Bertz CT molecular complexity index is 1440. The summed E-state index contributed by atoms with van der Waals surface area (Å²) in [4.78, 5) is 49.5. The van der Waals surface area contributed by atoms with Gasteiger partial charge >= 0.3 is 7.82 Å². The fraction of sp³-hybridized carbons (Fsp3) is 0.450. The Morgan fingerprint density at radius 2 is 2.18 bits per heavy atom. The van der Waals surface area contributed by atoms with Gasteiger partial charge in [0.2, 0.25) is 11.9 Å². The van der Waals surface area contributed by atoms with Crippen molar-refractivity contribution in [2.24, 2.45) is 0 Å². The van der Waals surface area contributed by atoms with E-state index in [2.05, 4.69) is 25.3 Å². The van der Waals surface area contributed by atoms with Crippen LogP contribution in [0.15, 0.2) is 39.4 Å². The minimum Gasteiger partial charge on any atom is -0.386 e. The maximum absolute atomic E-state index is 12.5. The number of hydrogen-bond donors (Lipinski definition) is 5. The van der Waals surface area contributed by atoms with Gasteiger partial charge in [-0.1, -0.05) is 28.6 Å². The normalized spacial score (nSPS) is 26.5. The predicted molar refractivity (Wildman–Crippen MR) is 144 cm³/mol. The number of nitrogens with zero attached hydrogens (tertiary/aromatic N) is 4. The van der Waals surface area contributed by atoms with Gasteiger partial charge in [0, 0.05) is 30.7 Å². The summed E-state index contributed by atoms with van der Waals surface area (Å²) in [7, 11) is -1.30. The Morgan fingerprint density at radius 3 is 2.97 bits per heavy atom. The van der Waals surface area contributed by atoms with Crippen LogP contribution < -0.4 is 16.6 Å². The lowest BCUT2D eigenvalue weighted by Crippen LogP contribution is -2.39. The molecule has 2 saturated heterocycles. The first kappa shape index (κ1) is 28.4. The second-order valence-electron chi connectivity index (χ2n) is 8.30. The van der Waals surface area contributed by atoms with Gasteiger partial charge < -0.3 is 25.8 Å². The number of carbonyl (C=O) groups is 1. The smallest absolute Gasteiger partial charge is 0.386 e. The van der Waals surface area contributed by atoms with Crippen LogP contribution in [0.2, 0.25) is 0 Å². The quantitative estimate of drug-likeness (QED) is 0.0924. The molecule has 0 aliphatic carbocycles. The number of fused-ring (bicyclic) bond motifs is 2. The van der Waals surface area contributed by atoms with Crippen LogP contribution in [0.3, 0.4) is 0 Å². The van der Waals surface area contributed by atoms with Gasteiger partial charge in [-0.05, 0) is 22.9 Å². The van der Waals surface area contributed by atoms with Crippen molar-refractivity contribution in [3.8, 4) is 0 Å². The summed E-state index contributed by atoms with van der Waals surface area (Å²) in [6.45, 7) is 0.0304. The molecule has 1 unspecified atom stereocenters. The van der Waals surface area contributed by atoms with E-state index in [1.54, 1.807) is 6.20 Å². The monoisotopic (exact) mass is 617 g/mol. The van der Waals surface area contributed by atoms with Crippen molar-refractivity contribution in [3.63, 3.8) is 0 Å². The van der Waals surface area contributed by atoms with E-state index in [9.17, 15) is 24.2 Å². The van der Waals surface area contributed by atoms with E-state index in [1.165, 1.54) is 37.9 Å². The number of phosphoric acid groups is 1. The zero-order chi connectivity index (χ0) is 27.6. The van der Waals surface area contributed by atoms with Crippen LogP contribution in [-0.2, 0) is 23.1 Å². The summed E-state index contributed by atoms with van der Waals surface area (Å²) >= 11 is 1.20. The third-order valence-corrected chi connectivity index (χ3v) is 9.81. The van der Waals surface area contributed by atoms with E-state index in [0.717, 1.165) is 5.03 Å². The van der Waals surface area contributed by atoms with Crippen molar-refractivity contribution in [3.05, 3.63) is 34.7 Å². The highest BCUT2D eigenvalue weighted by Crippen LogP contribution is 2.52. The number of imidazole rings is 1. The Morgan fingerprint density at radius 1 is 1.33 bits per heavy atom. The average molecular weight is 618 g/mol. The molecular weight excluding hydrogens is 593 g/mol. The molecule has 3 aromatic rings. The molecule has 5 atom stereocenters. The molecule has 5 heterocycles. The number of nitrogens with two attached hydrogens (primary N) is 1. The zero-order valence-corrected chi connectivity index (χ0v) is 23.4. The highest BCUT2D eigenvalue weighted by atomic mass is 33.1. The van der Waals surface area contributed by atoms with Gasteiger partial charge in [0.15, 0.2) is 22.5 Å². The number of hydrogen-bond acceptors (Lipinski definition) is 14. The van der Waals surface area contributed by atoms with Gasteiger partial charge in [0.25, 0.3) is 5.56 Å². The number of aromatic nitrogens is 5. The molecule has 2 fully saturated rings. The lowest BCUT2D eigenvalue weighted by Gasteiger charge is -2.27. The van der Waals surface area contributed by atoms with Crippen LogP contribution in [0.4, 0.5) is 5.95 Å². The van der Waals surface area contributed by atoms with E-state index in [4.69, 9.17) is 19.5 Å². The number of aliphatic hydroxyl groups excluding tert-OH is 1. The number of aromatic amines is 1. The maximum atomic E-state index is 12.5. The topological polar surface area (TPSA) is 217 Å². The molecule has 0 saturated carbocycles. The van der Waals surface area contributed by atoms with Crippen LogP contribution in [0.1, 0.15) is 12.6 Å². The van der Waals surface area contributed by atoms with Crippen molar-refractivity contribution in [1.29, 1.82) is 0 Å². The summed E-state index contributed by atoms with van der Waals surface area (Å²) < 4.78 is 29.0. The molecule has 5 rings (SSSR count). The fourth-order valence-electron chi connectivity index (χ4n) is 3.92. The second-order valence-corrected chi connectivity index (χ2v) is 13.2. The van der Waals surface area contributed by atoms with Crippen molar-refractivity contribution in [1.82, 2.24) is 29.8 Å². The number of thioether (sulfide) groups is 1. The number of pyridine rings is 1. The number of nitrogens with one attached hydrogen (secondary N) is 2. The van der Waals surface area contributed by atoms with Crippen molar-refractivity contribution in [2.75, 3.05) is 30.4 Å². The van der Waals surface area contributed by atoms with Gasteiger partial charge in [0.1, 0.15) is 23.3 Å². The molecule has 6 N–H and O–H groups in total. The Labute approximate surface area is 233 Å². The first-order valence-electron chi connectivity index (χ1n) is 11.6. The van der Waals surface area contributed by atoms with Crippen LogP contribution in [0, 0.1) is 0 Å². The fourth-order valence-corrected chi connectivity index (χ4v) is 7.62. The molecule has 210 valence electrons. The molecule has 2 aliphatic heterocycles. The first-order valence-corrected chi connectivity index (χ1v) is 16.4. The number of carbonyl (C=O) groups excluding carboxylic acids is 1. The number of rotatable bonds is 10. The largest absolute Gasteiger partial charge is 0.472 e. The van der Waals surface area contributed by atoms with Crippen molar-refractivity contribution in [2.45, 2.75) is 41.1 Å². The number of ether oxygens (including phenoxy) is 1. The van der Waals surface area contributed by atoms with Crippen LogP contribution in [-0.4, -0.2) is 83.4 Å². The summed E-state index contributed by atoms with van der Waals surface area (Å²) in [5.41, 5.74) is 5.18. The maximum Gasteiger partial charge on any atom is 0.472 e. The Balaban J connectivity index is 1.22. The molecule has 1 amide bonds. The molecule has 0 aromatic carbocycles. The van der Waals surface area contributed by atoms with E-state index in [0.29, 0.717) is 24.5 Å². The van der Waals surface area contributed by atoms with E-state index in [-0.39, 0.29) is 34.8 Å². The SMILES string of the molecule is Nc1nc2c(nc(SCCNC(=O)CCSSc3ccccn3)n2[C@@H]2O[C@@H]3COP(=O)(O)O[C@H]3[C@H]2O)c(=O)[nH]1. The molecule has 19 heteroatoms. The van der Waals surface area contributed by atoms with Gasteiger partial charge in [-0.15, -0.1) is 0 Å². The van der Waals surface area contributed by atoms with Gasteiger partial charge in [0.05, 0.1) is 6.61 Å². The van der Waals surface area contributed by atoms with Crippen LogP contribution >= 0.6 is 41.2 Å². The number of anilines is 1. The van der Waals surface area contributed by atoms with Crippen molar-refractivity contribution >= 4 is 64.2 Å². The number of phosphoric ester groups is 1. The molecule has 0 spiro atoms. The third kappa shape index (κ3) is 6.61. The van der Waals surface area contributed by atoms with E-state index in [1.807, 2.05) is 18.2 Å². The summed E-state index contributed by atoms with van der Waals surface area (Å²) in [5, 5.41) is 14.9. The van der Waals surface area contributed by atoms with Crippen LogP contribution in [0.5, 0.6) is 0 Å². The summed E-state index contributed by atoms with van der Waals surface area (Å²) in [6.07, 6.45) is -2.52. The molecular formula is C20H24N7O8PS3. The van der Waals surface area contributed by atoms with Gasteiger partial charge in [-0.25, -0.2) is 14.5 Å². The van der Waals surface area contributed by atoms with Crippen LogP contribution in [0.25, 0.3) is 11.2 Å². The highest BCUT2D eigenvalue weighted by Gasteiger charge is 2.53. The zero-order valence-electron chi connectivity index (χ0n) is 20.0. The molecule has 3 aromatic heterocycles. The van der Waals surface area contributed by atoms with Gasteiger partial charge in [-0.3, -0.25) is 28.2 Å². The van der Waals surface area contributed by atoms with E-state index < -0.39 is 37.9 Å². The van der Waals surface area contributed by atoms with E-state index >= 15 is 0 Å². The Hall–Kier alpha value is -2.15. The highest BCUT2D eigenvalue weighted by molar-refractivity contribution is 8.76. The molecule has 0 radical (unpaired) electrons. The predicted octanol–water partition coefficient (Wildman–Crippen LogP) is 0.910. The molecule has 15 nitrogen and oxygen atoms in total. The van der Waals surface area contributed by atoms with Crippen molar-refractivity contribution < 1.29 is 33.1 Å². The molecule has 0 bridgehead atoms. The number of H-pyrrole nitrogens is 1.